The van der Waals surface area contributed by atoms with E-state index >= 15 is 0 Å². The Morgan fingerprint density at radius 1 is 1.46 bits per heavy atom. The summed E-state index contributed by atoms with van der Waals surface area (Å²) in [6.07, 6.45) is 3.41. The zero-order valence-electron chi connectivity index (χ0n) is 6.88. The molecule has 70 valence electrons. The molecule has 0 aliphatic carbocycles. The Kier molecular flexibility index (Phi) is 3.13. The number of carbonyl (C=O) groups excluding carboxylic acids is 1. The van der Waals surface area contributed by atoms with Gasteiger partial charge in [-0.1, -0.05) is 0 Å². The highest BCUT2D eigenvalue weighted by molar-refractivity contribution is 6.32. The largest absolute Gasteiger partial charge is 0.476 e. The first-order valence-electron chi connectivity index (χ1n) is 3.78. The third-order valence-electron chi connectivity index (χ3n) is 1.50. The zero-order chi connectivity index (χ0) is 9.68. The highest BCUT2D eigenvalue weighted by atomic mass is 16.4. The normalized spacial score (nSPS) is 9.85. The maximum absolute atomic E-state index is 10.6. The molecular weight excluding hydrogens is 174 g/mol. The fraction of sp³-hybridized carbons (Fsp3) is 0.429. The molecule has 1 N–H and O–H groups in total. The van der Waals surface area contributed by atoms with Crippen LogP contribution in [-0.2, 0) is 16.1 Å². The fourth-order valence-corrected chi connectivity index (χ4v) is 0.857. The van der Waals surface area contributed by atoms with Crippen LogP contribution in [0.2, 0.25) is 0 Å². The number of ketones is 1. The molecule has 0 fully saturated rings. The van der Waals surface area contributed by atoms with E-state index in [9.17, 15) is 9.59 Å². The lowest BCUT2D eigenvalue weighted by molar-refractivity contribution is -0.149. The molecule has 1 aromatic heterocycles. The summed E-state index contributed by atoms with van der Waals surface area (Å²) < 4.78 is 1.55. The molecule has 1 aromatic rings. The van der Waals surface area contributed by atoms with Crippen molar-refractivity contribution >= 4 is 11.8 Å². The second-order valence-corrected chi connectivity index (χ2v) is 2.49. The fourth-order valence-electron chi connectivity index (χ4n) is 0.857. The molecule has 0 aliphatic rings. The van der Waals surface area contributed by atoms with Crippen LogP contribution in [0.5, 0.6) is 0 Å². The van der Waals surface area contributed by atoms with Gasteiger partial charge in [-0.15, -0.1) is 0 Å². The van der Waals surface area contributed by atoms with Crippen molar-refractivity contribution in [2.45, 2.75) is 19.4 Å². The molecular formula is C7H9N3O3. The molecule has 0 aliphatic heterocycles. The molecule has 0 atom stereocenters. The van der Waals surface area contributed by atoms with Crippen molar-refractivity contribution in [3.63, 3.8) is 0 Å². The summed E-state index contributed by atoms with van der Waals surface area (Å²) in [5.41, 5.74) is 0. The standard InChI is InChI=1S/C7H9N3O3/c11-6(7(12)13)2-1-3-10-5-8-4-9-10/h4-5H,1-3H2,(H,12,13). The summed E-state index contributed by atoms with van der Waals surface area (Å²) in [6.45, 7) is 0.513. The van der Waals surface area contributed by atoms with Gasteiger partial charge in [-0.25, -0.2) is 9.78 Å². The van der Waals surface area contributed by atoms with Gasteiger partial charge in [0.15, 0.2) is 0 Å². The van der Waals surface area contributed by atoms with Crippen LogP contribution in [0.1, 0.15) is 12.8 Å². The number of rotatable bonds is 5. The van der Waals surface area contributed by atoms with Gasteiger partial charge >= 0.3 is 5.97 Å². The molecule has 0 saturated heterocycles. The Bertz CT molecular complexity index is 294. The van der Waals surface area contributed by atoms with Crippen LogP contribution >= 0.6 is 0 Å². The number of carboxylic acid groups (broad SMARTS) is 1. The van der Waals surface area contributed by atoms with Crippen LogP contribution in [0.15, 0.2) is 12.7 Å². The van der Waals surface area contributed by atoms with E-state index < -0.39 is 11.8 Å². The molecule has 1 heterocycles. The summed E-state index contributed by atoms with van der Waals surface area (Å²) >= 11 is 0. The Balaban J connectivity index is 2.22. The number of carboxylic acids is 1. The maximum Gasteiger partial charge on any atom is 0.372 e. The lowest BCUT2D eigenvalue weighted by Gasteiger charge is -1.97. The van der Waals surface area contributed by atoms with Crippen molar-refractivity contribution in [3.05, 3.63) is 12.7 Å². The van der Waals surface area contributed by atoms with Crippen LogP contribution < -0.4 is 0 Å². The monoisotopic (exact) mass is 183 g/mol. The Morgan fingerprint density at radius 3 is 2.77 bits per heavy atom. The van der Waals surface area contributed by atoms with E-state index in [-0.39, 0.29) is 6.42 Å². The zero-order valence-corrected chi connectivity index (χ0v) is 6.88. The van der Waals surface area contributed by atoms with Crippen molar-refractivity contribution in [2.75, 3.05) is 0 Å². The molecule has 0 radical (unpaired) electrons. The van der Waals surface area contributed by atoms with Gasteiger partial charge in [0, 0.05) is 13.0 Å². The van der Waals surface area contributed by atoms with Gasteiger partial charge in [0.2, 0.25) is 5.78 Å². The minimum atomic E-state index is -1.38. The number of hydrogen-bond donors (Lipinski definition) is 1. The van der Waals surface area contributed by atoms with Crippen LogP contribution in [0, 0.1) is 0 Å². The average molecular weight is 183 g/mol. The van der Waals surface area contributed by atoms with Gasteiger partial charge in [-0.3, -0.25) is 9.48 Å². The number of Topliss-reactive ketones (excluding diaryl/α,β-unsaturated/α-hetero) is 1. The second kappa shape index (κ2) is 4.34. The summed E-state index contributed by atoms with van der Waals surface area (Å²) in [7, 11) is 0. The van der Waals surface area contributed by atoms with E-state index in [1.54, 1.807) is 4.68 Å². The SMILES string of the molecule is O=C(O)C(=O)CCCn1cncn1. The lowest BCUT2D eigenvalue weighted by Crippen LogP contribution is -2.13. The summed E-state index contributed by atoms with van der Waals surface area (Å²) in [6, 6.07) is 0. The van der Waals surface area contributed by atoms with Crippen LogP contribution in [0.4, 0.5) is 0 Å². The van der Waals surface area contributed by atoms with Crippen molar-refractivity contribution in [1.29, 1.82) is 0 Å². The molecule has 0 aromatic carbocycles. The van der Waals surface area contributed by atoms with Crippen molar-refractivity contribution in [3.8, 4) is 0 Å². The van der Waals surface area contributed by atoms with Gasteiger partial charge in [-0.2, -0.15) is 5.10 Å². The second-order valence-electron chi connectivity index (χ2n) is 2.49. The summed E-state index contributed by atoms with van der Waals surface area (Å²) in [5.74, 6) is -2.14. The van der Waals surface area contributed by atoms with Crippen molar-refractivity contribution < 1.29 is 14.7 Å². The number of nitrogens with zero attached hydrogens (tertiary/aromatic N) is 3. The Labute approximate surface area is 74.2 Å². The number of aliphatic carboxylic acids is 1. The van der Waals surface area contributed by atoms with E-state index in [2.05, 4.69) is 10.1 Å². The average Bonchev–Trinajstić information content (AvgIpc) is 2.56. The van der Waals surface area contributed by atoms with Crippen LogP contribution in [-0.4, -0.2) is 31.6 Å². The Hall–Kier alpha value is -1.72. The Morgan fingerprint density at radius 2 is 2.23 bits per heavy atom. The highest BCUT2D eigenvalue weighted by Crippen LogP contribution is 1.94. The topological polar surface area (TPSA) is 85.1 Å². The van der Waals surface area contributed by atoms with Gasteiger partial charge in [-0.05, 0) is 6.42 Å². The molecule has 0 unspecified atom stereocenters. The lowest BCUT2D eigenvalue weighted by atomic mass is 10.2. The van der Waals surface area contributed by atoms with Crippen molar-refractivity contribution in [1.82, 2.24) is 14.8 Å². The minimum Gasteiger partial charge on any atom is -0.476 e. The predicted molar refractivity (Wildman–Crippen MR) is 41.9 cm³/mol. The van der Waals surface area contributed by atoms with E-state index in [4.69, 9.17) is 5.11 Å². The first-order valence-corrected chi connectivity index (χ1v) is 3.78. The highest BCUT2D eigenvalue weighted by Gasteiger charge is 2.09. The maximum atomic E-state index is 10.6. The van der Waals surface area contributed by atoms with Crippen LogP contribution in [0.25, 0.3) is 0 Å². The van der Waals surface area contributed by atoms with E-state index in [0.717, 1.165) is 0 Å². The smallest absolute Gasteiger partial charge is 0.372 e. The van der Waals surface area contributed by atoms with Gasteiger partial charge in [0.1, 0.15) is 12.7 Å². The van der Waals surface area contributed by atoms with Gasteiger partial charge in [0.05, 0.1) is 0 Å². The molecule has 0 bridgehead atoms. The quantitative estimate of drug-likeness (QED) is 0.634. The first kappa shape index (κ1) is 9.37. The predicted octanol–water partition coefficient (Wildman–Crippen LogP) is -0.288. The molecule has 0 amide bonds. The number of hydrogen-bond acceptors (Lipinski definition) is 4. The van der Waals surface area contributed by atoms with E-state index in [1.165, 1.54) is 12.7 Å². The molecule has 0 spiro atoms. The number of carbonyl (C=O) groups is 2. The molecule has 13 heavy (non-hydrogen) atoms. The summed E-state index contributed by atoms with van der Waals surface area (Å²) in [5, 5.41) is 12.1. The summed E-state index contributed by atoms with van der Waals surface area (Å²) in [4.78, 5) is 24.4. The van der Waals surface area contributed by atoms with Gasteiger partial charge in [0.25, 0.3) is 0 Å². The third-order valence-corrected chi connectivity index (χ3v) is 1.50. The molecule has 6 heteroatoms. The van der Waals surface area contributed by atoms with Crippen molar-refractivity contribution in [2.24, 2.45) is 0 Å². The number of aryl methyl sites for hydroxylation is 1. The van der Waals surface area contributed by atoms with E-state index in [1.807, 2.05) is 0 Å². The third kappa shape index (κ3) is 3.02. The van der Waals surface area contributed by atoms with E-state index in [0.29, 0.717) is 13.0 Å². The molecule has 6 nitrogen and oxygen atoms in total. The minimum absolute atomic E-state index is 0.0369. The number of aromatic nitrogens is 3. The molecule has 1 rings (SSSR count). The molecule has 0 saturated carbocycles. The van der Waals surface area contributed by atoms with Crippen LogP contribution in [0.3, 0.4) is 0 Å². The van der Waals surface area contributed by atoms with Gasteiger partial charge < -0.3 is 5.11 Å². The first-order chi connectivity index (χ1) is 6.20.